The molecule has 0 amide bonds. The van der Waals surface area contributed by atoms with Crippen LogP contribution in [0.25, 0.3) is 0 Å². The van der Waals surface area contributed by atoms with Crippen molar-refractivity contribution in [3.63, 3.8) is 0 Å². The van der Waals surface area contributed by atoms with Gasteiger partial charge in [0.05, 0.1) is 0 Å². The second-order valence-corrected chi connectivity index (χ2v) is 30.3. The van der Waals surface area contributed by atoms with E-state index in [1.165, 1.54) is 43.0 Å². The average Bonchev–Trinajstić information content (AvgIpc) is 3.02. The van der Waals surface area contributed by atoms with Gasteiger partial charge >= 0.3 is 34.2 Å². The van der Waals surface area contributed by atoms with E-state index in [0.29, 0.717) is 0 Å². The van der Waals surface area contributed by atoms with Crippen molar-refractivity contribution in [2.24, 2.45) is 0 Å². The fourth-order valence-corrected chi connectivity index (χ4v) is 34.2. The molecule has 0 saturated carbocycles. The Bertz CT molecular complexity index is 1470. The van der Waals surface area contributed by atoms with Crippen LogP contribution in [0.15, 0.2) is 97.1 Å². The molecule has 0 unspecified atom stereocenters. The van der Waals surface area contributed by atoms with E-state index in [9.17, 15) is 0 Å². The van der Waals surface area contributed by atoms with Gasteiger partial charge in [0.1, 0.15) is 0 Å². The number of hydrogen-bond donors (Lipinski definition) is 0. The molecular formula is C40H56O4Si4. The van der Waals surface area contributed by atoms with Crippen LogP contribution in [-0.2, 0) is 16.5 Å². The quantitative estimate of drug-likeness (QED) is 0.172. The third-order valence-corrected chi connectivity index (χ3v) is 31.4. The monoisotopic (exact) mass is 712 g/mol. The summed E-state index contributed by atoms with van der Waals surface area (Å²) in [6.45, 7) is 27.2. The Kier molecular flexibility index (Phi) is 10.8. The van der Waals surface area contributed by atoms with Crippen LogP contribution in [0.2, 0.25) is 22.2 Å². The lowest BCUT2D eigenvalue weighted by atomic mass is 10.2. The van der Waals surface area contributed by atoms with Gasteiger partial charge in [-0.3, -0.25) is 0 Å². The molecule has 0 radical (unpaired) electrons. The highest BCUT2D eigenvalue weighted by molar-refractivity contribution is 7.07. The Morgan fingerprint density at radius 1 is 0.312 bits per heavy atom. The second kappa shape index (κ2) is 14.1. The molecule has 8 heteroatoms. The number of benzene rings is 4. The summed E-state index contributed by atoms with van der Waals surface area (Å²) in [6.07, 6.45) is 0. The van der Waals surface area contributed by atoms with Crippen molar-refractivity contribution in [3.05, 3.63) is 119 Å². The predicted molar refractivity (Wildman–Crippen MR) is 211 cm³/mol. The van der Waals surface area contributed by atoms with Gasteiger partial charge in [-0.15, -0.1) is 0 Å². The van der Waals surface area contributed by atoms with E-state index in [2.05, 4.69) is 180 Å². The first-order chi connectivity index (χ1) is 22.7. The minimum atomic E-state index is -3.39. The lowest BCUT2D eigenvalue weighted by molar-refractivity contribution is 0.220. The molecule has 0 spiro atoms. The Hall–Kier alpha value is -2.41. The van der Waals surface area contributed by atoms with Crippen molar-refractivity contribution in [2.45, 2.75) is 105 Å². The SMILES string of the molecule is Cc1ccccc1[Si]1(C(C)C)O[Si](c2ccccc2C)(C(C)C)O[Si](c2ccccc2C)(C(C)C)O[Si](c2ccccc2C)(C(C)C)O1. The van der Waals surface area contributed by atoms with Gasteiger partial charge in [0, 0.05) is 22.2 Å². The van der Waals surface area contributed by atoms with Crippen molar-refractivity contribution >= 4 is 55.0 Å². The van der Waals surface area contributed by atoms with Gasteiger partial charge in [-0.2, -0.15) is 0 Å². The zero-order chi connectivity index (χ0) is 35.1. The van der Waals surface area contributed by atoms with E-state index in [1.807, 2.05) is 0 Å². The summed E-state index contributed by atoms with van der Waals surface area (Å²) in [5, 5.41) is 4.72. The molecule has 0 aromatic heterocycles. The maximum absolute atomic E-state index is 8.28. The van der Waals surface area contributed by atoms with E-state index in [0.717, 1.165) is 0 Å². The Balaban J connectivity index is 2.02. The third-order valence-electron chi connectivity index (χ3n) is 10.3. The topological polar surface area (TPSA) is 36.9 Å². The van der Waals surface area contributed by atoms with Crippen molar-refractivity contribution in [1.29, 1.82) is 0 Å². The maximum Gasteiger partial charge on any atom is 0.358 e. The molecular weight excluding hydrogens is 657 g/mol. The van der Waals surface area contributed by atoms with Gasteiger partial charge in [-0.25, -0.2) is 0 Å². The van der Waals surface area contributed by atoms with Crippen LogP contribution >= 0.6 is 0 Å². The van der Waals surface area contributed by atoms with Crippen LogP contribution < -0.4 is 20.7 Å². The summed E-state index contributed by atoms with van der Waals surface area (Å²) in [6, 6.07) is 34.9. The highest BCUT2D eigenvalue weighted by Gasteiger charge is 2.69. The lowest BCUT2D eigenvalue weighted by Crippen LogP contribution is -2.82. The van der Waals surface area contributed by atoms with Gasteiger partial charge < -0.3 is 16.5 Å². The largest absolute Gasteiger partial charge is 0.408 e. The van der Waals surface area contributed by atoms with Gasteiger partial charge in [-0.1, -0.05) is 152 Å². The normalized spacial score (nSPS) is 26.7. The molecule has 0 N–H and O–H groups in total. The Labute approximate surface area is 294 Å². The lowest BCUT2D eigenvalue weighted by Gasteiger charge is -2.57. The molecule has 1 saturated heterocycles. The fourth-order valence-electron chi connectivity index (χ4n) is 7.47. The summed E-state index contributed by atoms with van der Waals surface area (Å²) < 4.78 is 33.1. The Morgan fingerprint density at radius 3 is 0.625 bits per heavy atom. The van der Waals surface area contributed by atoms with Crippen molar-refractivity contribution in [2.75, 3.05) is 0 Å². The molecule has 4 aromatic rings. The number of rotatable bonds is 8. The van der Waals surface area contributed by atoms with Crippen LogP contribution in [0.5, 0.6) is 0 Å². The molecule has 0 aliphatic carbocycles. The van der Waals surface area contributed by atoms with Gasteiger partial charge in [0.15, 0.2) is 0 Å². The standard InChI is InChI=1S/C40H56O4Si4/c1-29(2)45(37-25-17-13-21-33(37)9)41-46(30(3)4,38-26-18-14-22-34(38)10)43-48(32(7)8,40-28-20-16-24-36(40)12)44-47(42-45,31(5)6)39-27-19-15-23-35(39)11/h13-32H,1-12H3. The summed E-state index contributed by atoms with van der Waals surface area (Å²) in [5.74, 6) is 0. The zero-order valence-corrected chi connectivity index (χ0v) is 35.2. The van der Waals surface area contributed by atoms with Crippen LogP contribution in [-0.4, -0.2) is 34.2 Å². The molecule has 48 heavy (non-hydrogen) atoms. The zero-order valence-electron chi connectivity index (χ0n) is 31.2. The molecule has 256 valence electrons. The summed E-state index contributed by atoms with van der Waals surface area (Å²) in [4.78, 5) is 0. The average molecular weight is 713 g/mol. The van der Waals surface area contributed by atoms with Crippen LogP contribution in [0.3, 0.4) is 0 Å². The first-order valence-electron chi connectivity index (χ1n) is 17.7. The summed E-state index contributed by atoms with van der Waals surface area (Å²) >= 11 is 0. The van der Waals surface area contributed by atoms with Crippen molar-refractivity contribution < 1.29 is 16.5 Å². The maximum atomic E-state index is 8.28. The smallest absolute Gasteiger partial charge is 0.358 e. The van der Waals surface area contributed by atoms with E-state index < -0.39 is 34.2 Å². The van der Waals surface area contributed by atoms with Crippen molar-refractivity contribution in [1.82, 2.24) is 0 Å². The molecule has 4 aromatic carbocycles. The first kappa shape index (κ1) is 36.9. The molecule has 0 bridgehead atoms. The van der Waals surface area contributed by atoms with Crippen LogP contribution in [0.4, 0.5) is 0 Å². The molecule has 1 fully saturated rings. The minimum absolute atomic E-state index is 0.0711. The van der Waals surface area contributed by atoms with Crippen LogP contribution in [0.1, 0.15) is 77.6 Å². The van der Waals surface area contributed by atoms with Gasteiger partial charge in [0.25, 0.3) is 0 Å². The van der Waals surface area contributed by atoms with Gasteiger partial charge in [0.2, 0.25) is 0 Å². The molecule has 4 nitrogen and oxygen atoms in total. The molecule has 1 aliphatic rings. The van der Waals surface area contributed by atoms with E-state index in [-0.39, 0.29) is 22.2 Å². The van der Waals surface area contributed by atoms with E-state index in [4.69, 9.17) is 16.5 Å². The van der Waals surface area contributed by atoms with Crippen molar-refractivity contribution in [3.8, 4) is 0 Å². The molecule has 5 rings (SSSR count). The second-order valence-electron chi connectivity index (χ2n) is 15.0. The minimum Gasteiger partial charge on any atom is -0.408 e. The number of aryl methyl sites for hydroxylation is 4. The highest BCUT2D eigenvalue weighted by Crippen LogP contribution is 2.46. The predicted octanol–water partition coefficient (Wildman–Crippen LogP) is 8.34. The van der Waals surface area contributed by atoms with E-state index in [1.54, 1.807) is 0 Å². The number of hydrogen-bond acceptors (Lipinski definition) is 4. The molecule has 1 heterocycles. The first-order valence-corrected chi connectivity index (χ1v) is 25.3. The van der Waals surface area contributed by atoms with E-state index >= 15 is 0 Å². The third kappa shape index (κ3) is 6.13. The summed E-state index contributed by atoms with van der Waals surface area (Å²) in [5.41, 5.74) is 5.05. The molecule has 0 atom stereocenters. The van der Waals surface area contributed by atoms with Gasteiger partial charge in [-0.05, 0) is 70.7 Å². The van der Waals surface area contributed by atoms with Crippen LogP contribution in [0, 0.1) is 27.7 Å². The Morgan fingerprint density at radius 2 is 0.479 bits per heavy atom. The highest BCUT2D eigenvalue weighted by atomic mass is 28.5. The summed E-state index contributed by atoms with van der Waals surface area (Å²) in [7, 11) is -13.5. The molecule has 1 aliphatic heterocycles. The fraction of sp³-hybridized carbons (Fsp3) is 0.400.